The molecule has 0 unspecified atom stereocenters. The second-order valence-electron chi connectivity index (χ2n) is 5.67. The van der Waals surface area contributed by atoms with Crippen molar-refractivity contribution in [2.75, 3.05) is 10.6 Å². The van der Waals surface area contributed by atoms with Gasteiger partial charge in [-0.3, -0.25) is 0 Å². The highest BCUT2D eigenvalue weighted by Crippen LogP contribution is 2.22. The number of carbonyl (C=O) groups excluding carboxylic acids is 1. The molecular weight excluding hydrogens is 260 g/mol. The maximum absolute atomic E-state index is 12.2. The fourth-order valence-electron chi connectivity index (χ4n) is 2.60. The molecule has 110 valence electrons. The van der Waals surface area contributed by atoms with E-state index in [1.165, 1.54) is 11.1 Å². The van der Waals surface area contributed by atoms with Crippen molar-refractivity contribution in [2.45, 2.75) is 34.6 Å². The Bertz CT molecular complexity index is 667. The molecule has 21 heavy (non-hydrogen) atoms. The van der Waals surface area contributed by atoms with E-state index in [4.69, 9.17) is 0 Å². The van der Waals surface area contributed by atoms with Crippen molar-refractivity contribution in [3.8, 4) is 0 Å². The third kappa shape index (κ3) is 3.63. The van der Waals surface area contributed by atoms with Gasteiger partial charge < -0.3 is 10.6 Å². The first-order valence-corrected chi connectivity index (χ1v) is 7.10. The number of carbonyl (C=O) groups is 1. The molecule has 0 aliphatic rings. The zero-order chi connectivity index (χ0) is 15.6. The van der Waals surface area contributed by atoms with Crippen molar-refractivity contribution in [1.29, 1.82) is 0 Å². The highest BCUT2D eigenvalue weighted by Gasteiger charge is 2.09. The largest absolute Gasteiger partial charge is 0.323 e. The topological polar surface area (TPSA) is 41.1 Å². The lowest BCUT2D eigenvalue weighted by molar-refractivity contribution is 0.262. The Kier molecular flexibility index (Phi) is 4.32. The summed E-state index contributed by atoms with van der Waals surface area (Å²) in [5.74, 6) is 0. The Morgan fingerprint density at radius 2 is 1.33 bits per heavy atom. The number of nitrogens with one attached hydrogen (secondary N) is 2. The van der Waals surface area contributed by atoms with E-state index in [9.17, 15) is 4.79 Å². The van der Waals surface area contributed by atoms with Crippen LogP contribution in [0.2, 0.25) is 0 Å². The number of hydrogen-bond acceptors (Lipinski definition) is 1. The molecule has 2 amide bonds. The summed E-state index contributed by atoms with van der Waals surface area (Å²) in [4.78, 5) is 12.2. The number of aryl methyl sites for hydroxylation is 5. The first-order chi connectivity index (χ1) is 9.86. The lowest BCUT2D eigenvalue weighted by atomic mass is 10.1. The van der Waals surface area contributed by atoms with E-state index in [0.29, 0.717) is 0 Å². The summed E-state index contributed by atoms with van der Waals surface area (Å²) >= 11 is 0. The molecule has 0 aliphatic carbocycles. The Labute approximate surface area is 126 Å². The van der Waals surface area contributed by atoms with Gasteiger partial charge in [-0.1, -0.05) is 35.4 Å². The molecule has 0 radical (unpaired) electrons. The first-order valence-electron chi connectivity index (χ1n) is 7.10. The van der Waals surface area contributed by atoms with Gasteiger partial charge in [-0.15, -0.1) is 0 Å². The maximum Gasteiger partial charge on any atom is 0.323 e. The highest BCUT2D eigenvalue weighted by molar-refractivity contribution is 6.01. The molecule has 2 aromatic carbocycles. The monoisotopic (exact) mass is 282 g/mol. The SMILES string of the molecule is Cc1ccc(NC(=O)Nc2c(C)cc(C)cc2C)c(C)c1. The number of hydrogen-bond donors (Lipinski definition) is 2. The van der Waals surface area contributed by atoms with Crippen LogP contribution in [-0.2, 0) is 0 Å². The van der Waals surface area contributed by atoms with Crippen LogP contribution in [0.25, 0.3) is 0 Å². The van der Waals surface area contributed by atoms with Gasteiger partial charge in [-0.25, -0.2) is 4.79 Å². The Balaban J connectivity index is 2.16. The molecule has 2 rings (SSSR count). The van der Waals surface area contributed by atoms with E-state index in [2.05, 4.69) is 35.8 Å². The predicted molar refractivity (Wildman–Crippen MR) is 89.2 cm³/mol. The zero-order valence-corrected chi connectivity index (χ0v) is 13.3. The molecule has 0 aromatic heterocycles. The molecule has 0 fully saturated rings. The second kappa shape index (κ2) is 6.00. The molecule has 0 saturated carbocycles. The van der Waals surface area contributed by atoms with E-state index in [0.717, 1.165) is 28.1 Å². The Morgan fingerprint density at radius 1 is 0.762 bits per heavy atom. The highest BCUT2D eigenvalue weighted by atomic mass is 16.2. The number of anilines is 2. The smallest absolute Gasteiger partial charge is 0.307 e. The minimum absolute atomic E-state index is 0.211. The molecule has 0 atom stereocenters. The van der Waals surface area contributed by atoms with E-state index >= 15 is 0 Å². The minimum atomic E-state index is -0.211. The summed E-state index contributed by atoms with van der Waals surface area (Å²) in [5.41, 5.74) is 7.30. The average Bonchev–Trinajstić information content (AvgIpc) is 2.37. The molecule has 0 heterocycles. The minimum Gasteiger partial charge on any atom is -0.307 e. The summed E-state index contributed by atoms with van der Waals surface area (Å²) < 4.78 is 0. The third-order valence-corrected chi connectivity index (χ3v) is 3.55. The van der Waals surface area contributed by atoms with Crippen molar-refractivity contribution in [3.05, 3.63) is 58.1 Å². The summed E-state index contributed by atoms with van der Waals surface area (Å²) in [6.07, 6.45) is 0. The fourth-order valence-corrected chi connectivity index (χ4v) is 2.60. The van der Waals surface area contributed by atoms with Crippen LogP contribution in [0.4, 0.5) is 16.2 Å². The molecule has 0 bridgehead atoms. The van der Waals surface area contributed by atoms with Crippen LogP contribution < -0.4 is 10.6 Å². The second-order valence-corrected chi connectivity index (χ2v) is 5.67. The van der Waals surface area contributed by atoms with E-state index < -0.39 is 0 Å². The molecule has 2 aromatic rings. The zero-order valence-electron chi connectivity index (χ0n) is 13.3. The molecule has 0 aliphatic heterocycles. The summed E-state index contributed by atoms with van der Waals surface area (Å²) in [6.45, 7) is 10.1. The van der Waals surface area contributed by atoms with Gasteiger partial charge in [-0.2, -0.15) is 0 Å². The standard InChI is InChI=1S/C18H22N2O/c1-11-6-7-16(13(3)8-11)19-18(21)20-17-14(4)9-12(2)10-15(17)5/h6-10H,1-5H3,(H2,19,20,21). The molecule has 2 N–H and O–H groups in total. The molecule has 3 heteroatoms. The first kappa shape index (κ1) is 15.1. The Morgan fingerprint density at radius 3 is 1.90 bits per heavy atom. The van der Waals surface area contributed by atoms with Crippen LogP contribution >= 0.6 is 0 Å². The van der Waals surface area contributed by atoms with Crippen LogP contribution in [0.15, 0.2) is 30.3 Å². The van der Waals surface area contributed by atoms with Crippen molar-refractivity contribution >= 4 is 17.4 Å². The lowest BCUT2D eigenvalue weighted by Gasteiger charge is -2.14. The van der Waals surface area contributed by atoms with Gasteiger partial charge in [0.25, 0.3) is 0 Å². The molecule has 0 saturated heterocycles. The van der Waals surface area contributed by atoms with E-state index in [1.54, 1.807) is 0 Å². The van der Waals surface area contributed by atoms with Gasteiger partial charge in [0.2, 0.25) is 0 Å². The van der Waals surface area contributed by atoms with Crippen molar-refractivity contribution in [3.63, 3.8) is 0 Å². The normalized spacial score (nSPS) is 10.3. The number of rotatable bonds is 2. The summed E-state index contributed by atoms with van der Waals surface area (Å²) in [7, 11) is 0. The predicted octanol–water partition coefficient (Wildman–Crippen LogP) is 4.87. The van der Waals surface area contributed by atoms with Gasteiger partial charge in [0.1, 0.15) is 0 Å². The van der Waals surface area contributed by atoms with Gasteiger partial charge in [0.05, 0.1) is 0 Å². The number of urea groups is 1. The molecule has 0 spiro atoms. The van der Waals surface area contributed by atoms with Crippen LogP contribution in [-0.4, -0.2) is 6.03 Å². The van der Waals surface area contributed by atoms with Crippen LogP contribution in [0, 0.1) is 34.6 Å². The van der Waals surface area contributed by atoms with Gasteiger partial charge in [0, 0.05) is 11.4 Å². The third-order valence-electron chi connectivity index (χ3n) is 3.55. The fraction of sp³-hybridized carbons (Fsp3) is 0.278. The van der Waals surface area contributed by atoms with E-state index in [-0.39, 0.29) is 6.03 Å². The van der Waals surface area contributed by atoms with Crippen molar-refractivity contribution in [2.24, 2.45) is 0 Å². The number of amides is 2. The van der Waals surface area contributed by atoms with Crippen LogP contribution in [0.3, 0.4) is 0 Å². The van der Waals surface area contributed by atoms with Crippen LogP contribution in [0.1, 0.15) is 27.8 Å². The molecule has 3 nitrogen and oxygen atoms in total. The van der Waals surface area contributed by atoms with Crippen molar-refractivity contribution < 1.29 is 4.79 Å². The molecular formula is C18H22N2O. The average molecular weight is 282 g/mol. The van der Waals surface area contributed by atoms with Gasteiger partial charge in [0.15, 0.2) is 0 Å². The van der Waals surface area contributed by atoms with Crippen molar-refractivity contribution in [1.82, 2.24) is 0 Å². The van der Waals surface area contributed by atoms with Gasteiger partial charge >= 0.3 is 6.03 Å². The quantitative estimate of drug-likeness (QED) is 0.810. The number of benzene rings is 2. The maximum atomic E-state index is 12.2. The Hall–Kier alpha value is -2.29. The van der Waals surface area contributed by atoms with Gasteiger partial charge in [-0.05, 0) is 57.4 Å². The van der Waals surface area contributed by atoms with Crippen LogP contribution in [0.5, 0.6) is 0 Å². The lowest BCUT2D eigenvalue weighted by Crippen LogP contribution is -2.21. The summed E-state index contributed by atoms with van der Waals surface area (Å²) in [6, 6.07) is 9.90. The summed E-state index contributed by atoms with van der Waals surface area (Å²) in [5, 5.41) is 5.85. The van der Waals surface area contributed by atoms with E-state index in [1.807, 2.05) is 39.8 Å².